The van der Waals surface area contributed by atoms with Crippen LogP contribution in [0.1, 0.15) is 16.1 Å². The number of rotatable bonds is 2. The van der Waals surface area contributed by atoms with E-state index in [0.29, 0.717) is 27.2 Å². The number of aromatic carboxylic acids is 1. The van der Waals surface area contributed by atoms with Gasteiger partial charge in [-0.05, 0) is 31.2 Å². The summed E-state index contributed by atoms with van der Waals surface area (Å²) in [6.07, 6.45) is 0. The summed E-state index contributed by atoms with van der Waals surface area (Å²) in [6, 6.07) is 13.6. The monoisotopic (exact) mass is 313 g/mol. The highest BCUT2D eigenvalue weighted by Crippen LogP contribution is 2.24. The van der Waals surface area contributed by atoms with E-state index in [9.17, 15) is 14.7 Å². The molecule has 4 nitrogen and oxygen atoms in total. The van der Waals surface area contributed by atoms with Crippen LogP contribution in [-0.4, -0.2) is 15.6 Å². The number of hydrogen-bond donors (Lipinski definition) is 1. The number of halogens is 1. The lowest BCUT2D eigenvalue weighted by Crippen LogP contribution is -2.24. The number of benzene rings is 2. The lowest BCUT2D eigenvalue weighted by atomic mass is 10.0. The molecule has 3 rings (SSSR count). The highest BCUT2D eigenvalue weighted by Gasteiger charge is 2.19. The highest BCUT2D eigenvalue weighted by molar-refractivity contribution is 6.31. The van der Waals surface area contributed by atoms with Gasteiger partial charge in [0.2, 0.25) is 0 Å². The zero-order valence-electron chi connectivity index (χ0n) is 11.7. The van der Waals surface area contributed by atoms with Crippen molar-refractivity contribution in [1.29, 1.82) is 0 Å². The molecular formula is C17H12ClNO3. The van der Waals surface area contributed by atoms with Crippen LogP contribution >= 0.6 is 11.6 Å². The average Bonchev–Trinajstić information content (AvgIpc) is 2.49. The Morgan fingerprint density at radius 1 is 1.09 bits per heavy atom. The van der Waals surface area contributed by atoms with E-state index in [4.69, 9.17) is 11.6 Å². The number of aromatic nitrogens is 1. The number of carboxylic acids is 1. The molecule has 0 fully saturated rings. The molecule has 110 valence electrons. The Balaban J connectivity index is 2.54. The van der Waals surface area contributed by atoms with Crippen molar-refractivity contribution in [3.63, 3.8) is 0 Å². The zero-order chi connectivity index (χ0) is 15.9. The first-order chi connectivity index (χ1) is 10.5. The first-order valence-corrected chi connectivity index (χ1v) is 7.02. The van der Waals surface area contributed by atoms with E-state index in [1.54, 1.807) is 43.3 Å². The number of pyridine rings is 1. The van der Waals surface area contributed by atoms with Gasteiger partial charge in [0.15, 0.2) is 0 Å². The van der Waals surface area contributed by atoms with Crippen molar-refractivity contribution in [2.75, 3.05) is 0 Å². The van der Waals surface area contributed by atoms with Gasteiger partial charge in [-0.25, -0.2) is 4.79 Å². The summed E-state index contributed by atoms with van der Waals surface area (Å²) in [4.78, 5) is 24.5. The fourth-order valence-corrected chi connectivity index (χ4v) is 2.82. The standard InChI is InChI=1S/C17H12ClNO3/c1-10-15(17(21)22)13-8-7-11(18)9-14(13)16(20)19(10)12-5-3-2-4-6-12/h2-9H,1H3,(H,21,22). The van der Waals surface area contributed by atoms with E-state index in [1.807, 2.05) is 6.07 Å². The van der Waals surface area contributed by atoms with Crippen molar-refractivity contribution in [3.8, 4) is 5.69 Å². The molecule has 0 saturated heterocycles. The van der Waals surface area contributed by atoms with E-state index < -0.39 is 5.97 Å². The number of carbonyl (C=O) groups is 1. The van der Waals surface area contributed by atoms with E-state index >= 15 is 0 Å². The molecule has 22 heavy (non-hydrogen) atoms. The molecule has 5 heteroatoms. The predicted octanol–water partition coefficient (Wildman–Crippen LogP) is 3.65. The second-order valence-corrected chi connectivity index (χ2v) is 5.37. The molecule has 0 radical (unpaired) electrons. The molecule has 0 atom stereocenters. The lowest BCUT2D eigenvalue weighted by Gasteiger charge is -2.15. The summed E-state index contributed by atoms with van der Waals surface area (Å²) in [5.74, 6) is -1.07. The largest absolute Gasteiger partial charge is 0.478 e. The zero-order valence-corrected chi connectivity index (χ0v) is 12.5. The molecule has 1 N–H and O–H groups in total. The fraction of sp³-hybridized carbons (Fsp3) is 0.0588. The third kappa shape index (κ3) is 2.18. The van der Waals surface area contributed by atoms with Gasteiger partial charge >= 0.3 is 5.97 Å². The van der Waals surface area contributed by atoms with E-state index in [-0.39, 0.29) is 11.1 Å². The highest BCUT2D eigenvalue weighted by atomic mass is 35.5. The number of hydrogen-bond acceptors (Lipinski definition) is 2. The maximum atomic E-state index is 12.8. The molecule has 0 aliphatic heterocycles. The van der Waals surface area contributed by atoms with E-state index in [2.05, 4.69) is 0 Å². The van der Waals surface area contributed by atoms with Crippen molar-refractivity contribution in [3.05, 3.63) is 75.2 Å². The van der Waals surface area contributed by atoms with Crippen LogP contribution in [-0.2, 0) is 0 Å². The SMILES string of the molecule is Cc1c(C(=O)O)c2ccc(Cl)cc2c(=O)n1-c1ccccc1. The number of nitrogens with zero attached hydrogens (tertiary/aromatic N) is 1. The Hall–Kier alpha value is -2.59. The summed E-state index contributed by atoms with van der Waals surface area (Å²) in [5, 5.41) is 10.6. The first kappa shape index (κ1) is 14.4. The molecular weight excluding hydrogens is 302 g/mol. The second-order valence-electron chi connectivity index (χ2n) is 4.93. The van der Waals surface area contributed by atoms with Crippen LogP contribution in [0, 0.1) is 6.92 Å². The van der Waals surface area contributed by atoms with Crippen LogP contribution in [0.5, 0.6) is 0 Å². The van der Waals surface area contributed by atoms with Crippen LogP contribution in [0.25, 0.3) is 16.5 Å². The van der Waals surface area contributed by atoms with Gasteiger partial charge in [0, 0.05) is 27.2 Å². The molecule has 1 heterocycles. The maximum Gasteiger partial charge on any atom is 0.338 e. The second kappa shape index (κ2) is 5.31. The normalized spacial score (nSPS) is 10.8. The Morgan fingerprint density at radius 2 is 1.77 bits per heavy atom. The molecule has 0 amide bonds. The molecule has 0 aliphatic rings. The van der Waals surface area contributed by atoms with Crippen molar-refractivity contribution < 1.29 is 9.90 Å². The smallest absolute Gasteiger partial charge is 0.338 e. The summed E-state index contributed by atoms with van der Waals surface area (Å²) in [5.41, 5.74) is 0.828. The minimum atomic E-state index is -1.07. The van der Waals surface area contributed by atoms with Gasteiger partial charge in [-0.2, -0.15) is 0 Å². The molecule has 2 aromatic carbocycles. The quantitative estimate of drug-likeness (QED) is 0.785. The number of carboxylic acid groups (broad SMARTS) is 1. The van der Waals surface area contributed by atoms with Gasteiger partial charge in [-0.1, -0.05) is 35.9 Å². The molecule has 1 aromatic heterocycles. The topological polar surface area (TPSA) is 59.3 Å². The van der Waals surface area contributed by atoms with Crippen molar-refractivity contribution >= 4 is 28.3 Å². The Kier molecular flexibility index (Phi) is 3.47. The molecule has 0 bridgehead atoms. The molecule has 0 aliphatic carbocycles. The average molecular weight is 314 g/mol. The Labute approximate surface area is 131 Å². The maximum absolute atomic E-state index is 12.8. The van der Waals surface area contributed by atoms with Crippen molar-refractivity contribution in [2.45, 2.75) is 6.92 Å². The summed E-state index contributed by atoms with van der Waals surface area (Å²) >= 11 is 5.97. The first-order valence-electron chi connectivity index (χ1n) is 6.64. The van der Waals surface area contributed by atoms with Gasteiger partial charge in [-0.3, -0.25) is 9.36 Å². The van der Waals surface area contributed by atoms with Crippen LogP contribution in [0.4, 0.5) is 0 Å². The van der Waals surface area contributed by atoms with Gasteiger partial charge < -0.3 is 5.11 Å². The number of para-hydroxylation sites is 1. The summed E-state index contributed by atoms with van der Waals surface area (Å²) in [6.45, 7) is 1.63. The van der Waals surface area contributed by atoms with Gasteiger partial charge in [0.1, 0.15) is 0 Å². The van der Waals surface area contributed by atoms with Gasteiger partial charge in [0.25, 0.3) is 5.56 Å². The van der Waals surface area contributed by atoms with Crippen LogP contribution in [0.15, 0.2) is 53.3 Å². The van der Waals surface area contributed by atoms with Gasteiger partial charge in [-0.15, -0.1) is 0 Å². The summed E-state index contributed by atoms with van der Waals surface area (Å²) < 4.78 is 1.40. The number of fused-ring (bicyclic) bond motifs is 1. The lowest BCUT2D eigenvalue weighted by molar-refractivity contribution is 0.0697. The fourth-order valence-electron chi connectivity index (χ4n) is 2.65. The third-order valence-corrected chi connectivity index (χ3v) is 3.85. The molecule has 0 saturated carbocycles. The molecule has 0 unspecified atom stereocenters. The van der Waals surface area contributed by atoms with E-state index in [0.717, 1.165) is 0 Å². The Morgan fingerprint density at radius 3 is 2.41 bits per heavy atom. The van der Waals surface area contributed by atoms with Crippen molar-refractivity contribution in [2.24, 2.45) is 0 Å². The minimum absolute atomic E-state index is 0.107. The van der Waals surface area contributed by atoms with Crippen LogP contribution in [0.2, 0.25) is 5.02 Å². The third-order valence-electron chi connectivity index (χ3n) is 3.61. The van der Waals surface area contributed by atoms with Gasteiger partial charge in [0.05, 0.1) is 5.56 Å². The Bertz CT molecular complexity index is 946. The van der Waals surface area contributed by atoms with E-state index in [1.165, 1.54) is 10.6 Å². The van der Waals surface area contributed by atoms with Crippen LogP contribution in [0.3, 0.4) is 0 Å². The molecule has 3 aromatic rings. The van der Waals surface area contributed by atoms with Crippen molar-refractivity contribution in [1.82, 2.24) is 4.57 Å². The minimum Gasteiger partial charge on any atom is -0.478 e. The van der Waals surface area contributed by atoms with Crippen LogP contribution < -0.4 is 5.56 Å². The summed E-state index contributed by atoms with van der Waals surface area (Å²) in [7, 11) is 0. The molecule has 0 spiro atoms. The predicted molar refractivity (Wildman–Crippen MR) is 86.3 cm³/mol.